The van der Waals surface area contributed by atoms with Crippen molar-refractivity contribution < 1.29 is 4.74 Å². The molecular weight excluding hydrogens is 82.0 g/mol. The number of ether oxygens (including phenoxy) is 1. The van der Waals surface area contributed by atoms with Gasteiger partial charge in [0.2, 0.25) is 6.35 Å². The fourth-order valence-electron chi connectivity index (χ4n) is 0.230. The number of hydrazone groups is 1. The first-order chi connectivity index (χ1) is 2.89. The highest BCUT2D eigenvalue weighted by atomic mass is 16.5. The molecule has 0 amide bonds. The highest BCUT2D eigenvalue weighted by Gasteiger charge is 1.99. The summed E-state index contributed by atoms with van der Waals surface area (Å²) in [5.41, 5.74) is 7.52. The van der Waals surface area contributed by atoms with Gasteiger partial charge >= 0.3 is 0 Å². The minimum Gasteiger partial charge on any atom is -0.444 e. The Labute approximate surface area is 35.0 Å². The van der Waals surface area contributed by atoms with Gasteiger partial charge in [-0.1, -0.05) is 0 Å². The minimum absolute atomic E-state index is 0.426. The van der Waals surface area contributed by atoms with E-state index in [0.29, 0.717) is 0 Å². The highest BCUT2D eigenvalue weighted by Crippen LogP contribution is 1.78. The third kappa shape index (κ3) is 0.414. The van der Waals surface area contributed by atoms with Gasteiger partial charge in [0.25, 0.3) is 0 Å². The molecule has 1 aliphatic rings. The van der Waals surface area contributed by atoms with Crippen molar-refractivity contribution in [2.24, 2.45) is 10.8 Å². The second-order valence-electron chi connectivity index (χ2n) is 0.920. The lowest BCUT2D eigenvalue weighted by atomic mass is 11.1. The van der Waals surface area contributed by atoms with Crippen LogP contribution in [0.15, 0.2) is 5.10 Å². The summed E-state index contributed by atoms with van der Waals surface area (Å²) in [6, 6.07) is 0. The standard InChI is InChI=1S/C2H5N3O/c3-2-5-4-1-6-2/h1-2,5H,3H2. The summed E-state index contributed by atoms with van der Waals surface area (Å²) in [6.07, 6.45) is 0.843. The Bertz CT molecular complexity index is 63.2. The molecule has 34 valence electrons. The maximum atomic E-state index is 5.08. The molecule has 0 fully saturated rings. The molecule has 1 heterocycles. The summed E-state index contributed by atoms with van der Waals surface area (Å²) in [6.45, 7) is 0. The van der Waals surface area contributed by atoms with Gasteiger partial charge in [0, 0.05) is 0 Å². The van der Waals surface area contributed by atoms with Gasteiger partial charge in [0.05, 0.1) is 0 Å². The third-order valence-electron chi connectivity index (χ3n) is 0.462. The molecule has 6 heavy (non-hydrogen) atoms. The van der Waals surface area contributed by atoms with Crippen molar-refractivity contribution >= 4 is 6.40 Å². The zero-order chi connectivity index (χ0) is 4.41. The lowest BCUT2D eigenvalue weighted by Gasteiger charge is -1.96. The summed E-state index contributed by atoms with van der Waals surface area (Å²) < 4.78 is 4.53. The van der Waals surface area contributed by atoms with Gasteiger partial charge in [0.15, 0.2) is 6.40 Å². The molecule has 0 bridgehead atoms. The van der Waals surface area contributed by atoms with Gasteiger partial charge in [-0.2, -0.15) is 0 Å². The molecule has 1 aliphatic heterocycles. The largest absolute Gasteiger partial charge is 0.444 e. The quantitative estimate of drug-likeness (QED) is 0.390. The van der Waals surface area contributed by atoms with Crippen LogP contribution in [-0.2, 0) is 4.74 Å². The Morgan fingerprint density at radius 2 is 2.83 bits per heavy atom. The molecule has 0 saturated heterocycles. The van der Waals surface area contributed by atoms with Gasteiger partial charge in [0.1, 0.15) is 0 Å². The van der Waals surface area contributed by atoms with Gasteiger partial charge in [-0.3, -0.25) is 11.2 Å². The molecular formula is C2H5N3O. The van der Waals surface area contributed by atoms with E-state index >= 15 is 0 Å². The Morgan fingerprint density at radius 1 is 2.00 bits per heavy atom. The number of hydrogen-bond acceptors (Lipinski definition) is 4. The van der Waals surface area contributed by atoms with Crippen molar-refractivity contribution in [3.8, 4) is 0 Å². The van der Waals surface area contributed by atoms with E-state index in [9.17, 15) is 0 Å². The van der Waals surface area contributed by atoms with E-state index in [1.54, 1.807) is 0 Å². The van der Waals surface area contributed by atoms with Crippen LogP contribution < -0.4 is 11.2 Å². The minimum atomic E-state index is -0.426. The fraction of sp³-hybridized carbons (Fsp3) is 0.500. The molecule has 0 aliphatic carbocycles. The van der Waals surface area contributed by atoms with E-state index in [2.05, 4.69) is 15.3 Å². The van der Waals surface area contributed by atoms with Crippen LogP contribution in [0.4, 0.5) is 0 Å². The van der Waals surface area contributed by atoms with Crippen LogP contribution in [-0.4, -0.2) is 12.8 Å². The summed E-state index contributed by atoms with van der Waals surface area (Å²) in [5.74, 6) is 0. The zero-order valence-corrected chi connectivity index (χ0v) is 3.09. The van der Waals surface area contributed by atoms with E-state index in [-0.39, 0.29) is 0 Å². The molecule has 0 spiro atoms. The van der Waals surface area contributed by atoms with Gasteiger partial charge in [-0.05, 0) is 0 Å². The summed E-state index contributed by atoms with van der Waals surface area (Å²) in [5, 5.41) is 3.44. The maximum absolute atomic E-state index is 5.08. The monoisotopic (exact) mass is 87.0 g/mol. The fourth-order valence-corrected chi connectivity index (χ4v) is 0.230. The molecule has 0 aromatic carbocycles. The Hall–Kier alpha value is -0.770. The Balaban J connectivity index is 2.32. The molecule has 1 rings (SSSR count). The predicted molar refractivity (Wildman–Crippen MR) is 20.7 cm³/mol. The first-order valence-corrected chi connectivity index (χ1v) is 1.58. The second-order valence-corrected chi connectivity index (χ2v) is 0.920. The molecule has 1 unspecified atom stereocenters. The van der Waals surface area contributed by atoms with Gasteiger partial charge in [-0.15, -0.1) is 5.10 Å². The van der Waals surface area contributed by atoms with Crippen LogP contribution in [0, 0.1) is 0 Å². The van der Waals surface area contributed by atoms with E-state index in [0.717, 1.165) is 0 Å². The predicted octanol–water partition coefficient (Wildman–Crippen LogP) is -1.21. The maximum Gasteiger partial charge on any atom is 0.241 e. The van der Waals surface area contributed by atoms with Crippen molar-refractivity contribution in [2.45, 2.75) is 6.35 Å². The van der Waals surface area contributed by atoms with E-state index in [1.165, 1.54) is 6.40 Å². The summed E-state index contributed by atoms with van der Waals surface area (Å²) >= 11 is 0. The molecule has 0 aromatic heterocycles. The van der Waals surface area contributed by atoms with Crippen molar-refractivity contribution in [2.75, 3.05) is 0 Å². The lowest BCUT2D eigenvalue weighted by molar-refractivity contribution is 0.203. The van der Waals surface area contributed by atoms with Crippen LogP contribution >= 0.6 is 0 Å². The number of hydrogen-bond donors (Lipinski definition) is 2. The van der Waals surface area contributed by atoms with E-state index in [4.69, 9.17) is 5.73 Å². The first kappa shape index (κ1) is 3.42. The Kier molecular flexibility index (Phi) is 0.648. The average molecular weight is 87.1 g/mol. The third-order valence-corrected chi connectivity index (χ3v) is 0.462. The molecule has 4 heteroatoms. The van der Waals surface area contributed by atoms with Crippen molar-refractivity contribution in [3.63, 3.8) is 0 Å². The van der Waals surface area contributed by atoms with Crippen molar-refractivity contribution in [1.82, 2.24) is 5.43 Å². The van der Waals surface area contributed by atoms with Crippen LogP contribution in [0.5, 0.6) is 0 Å². The molecule has 0 saturated carbocycles. The number of nitrogens with two attached hydrogens (primary N) is 1. The topological polar surface area (TPSA) is 59.6 Å². The molecule has 3 N–H and O–H groups in total. The van der Waals surface area contributed by atoms with Crippen LogP contribution in [0.3, 0.4) is 0 Å². The summed E-state index contributed by atoms with van der Waals surface area (Å²) in [4.78, 5) is 0. The van der Waals surface area contributed by atoms with E-state index < -0.39 is 6.35 Å². The number of nitrogens with one attached hydrogen (secondary N) is 1. The van der Waals surface area contributed by atoms with Gasteiger partial charge in [-0.25, -0.2) is 0 Å². The second kappa shape index (κ2) is 1.14. The van der Waals surface area contributed by atoms with Crippen LogP contribution in [0.25, 0.3) is 0 Å². The smallest absolute Gasteiger partial charge is 0.241 e. The zero-order valence-electron chi connectivity index (χ0n) is 3.09. The molecule has 0 radical (unpaired) electrons. The highest BCUT2D eigenvalue weighted by molar-refractivity contribution is 5.47. The van der Waals surface area contributed by atoms with E-state index in [1.807, 2.05) is 0 Å². The number of rotatable bonds is 0. The molecule has 1 atom stereocenters. The normalized spacial score (nSPS) is 29.2. The SMILES string of the molecule is NC1NN=CO1. The van der Waals surface area contributed by atoms with Crippen molar-refractivity contribution in [3.05, 3.63) is 0 Å². The van der Waals surface area contributed by atoms with Crippen molar-refractivity contribution in [1.29, 1.82) is 0 Å². The number of nitrogens with zero attached hydrogens (tertiary/aromatic N) is 1. The first-order valence-electron chi connectivity index (χ1n) is 1.58. The average Bonchev–Trinajstić information content (AvgIpc) is 1.86. The lowest BCUT2D eigenvalue weighted by Crippen LogP contribution is -2.30. The van der Waals surface area contributed by atoms with Gasteiger partial charge < -0.3 is 4.74 Å². The van der Waals surface area contributed by atoms with Crippen LogP contribution in [0.1, 0.15) is 0 Å². The molecule has 0 aromatic rings. The Morgan fingerprint density at radius 3 is 3.00 bits per heavy atom. The summed E-state index contributed by atoms with van der Waals surface area (Å²) in [7, 11) is 0. The van der Waals surface area contributed by atoms with Crippen LogP contribution in [0.2, 0.25) is 0 Å². The molecule has 4 nitrogen and oxygen atoms in total.